The number of fused-ring (bicyclic) bond motifs is 1. The Morgan fingerprint density at radius 3 is 2.41 bits per heavy atom. The molecule has 22 heavy (non-hydrogen) atoms. The molecule has 1 aromatic carbocycles. The molecule has 1 aromatic rings. The third-order valence-electron chi connectivity index (χ3n) is 4.26. The van der Waals surface area contributed by atoms with Crippen molar-refractivity contribution < 1.29 is 19.1 Å². The number of rotatable bonds is 2. The van der Waals surface area contributed by atoms with Gasteiger partial charge in [-0.2, -0.15) is 0 Å². The van der Waals surface area contributed by atoms with Crippen LogP contribution in [-0.2, 0) is 4.79 Å². The summed E-state index contributed by atoms with van der Waals surface area (Å²) in [5.74, 6) is -1.84. The smallest absolute Gasteiger partial charge is 0.295 e. The van der Waals surface area contributed by atoms with Crippen molar-refractivity contribution in [3.63, 3.8) is 0 Å². The standard InChI is InChI=1S/C16H15FN2O3/c17-10-7-5-9(6-8-10)16(22)19-18-13-14(20)11-3-1-2-4-12(11)15(13)21/h5-8,11-12,20H,1-4H2. The molecule has 0 saturated heterocycles. The van der Waals surface area contributed by atoms with E-state index in [1.165, 1.54) is 12.1 Å². The Kier molecular flexibility index (Phi) is 3.83. The monoisotopic (exact) mass is 302 g/mol. The van der Waals surface area contributed by atoms with Crippen molar-refractivity contribution in [2.75, 3.05) is 0 Å². The number of carbonyl (C=O) groups is 2. The number of nitrogens with zero attached hydrogens (tertiary/aromatic N) is 2. The summed E-state index contributed by atoms with van der Waals surface area (Å²) in [6.07, 6.45) is 3.42. The SMILES string of the molecule is O=C(N=NC1=C(O)C2CCCCC2C1=O)c1ccc(F)cc1. The largest absolute Gasteiger partial charge is 0.510 e. The minimum Gasteiger partial charge on any atom is -0.510 e. The van der Waals surface area contributed by atoms with Gasteiger partial charge in [0, 0.05) is 17.4 Å². The summed E-state index contributed by atoms with van der Waals surface area (Å²) in [4.78, 5) is 24.1. The highest BCUT2D eigenvalue weighted by Gasteiger charge is 2.43. The Hall–Kier alpha value is -2.37. The summed E-state index contributed by atoms with van der Waals surface area (Å²) in [7, 11) is 0. The maximum atomic E-state index is 12.8. The third-order valence-corrected chi connectivity index (χ3v) is 4.26. The Morgan fingerprint density at radius 1 is 1.14 bits per heavy atom. The number of aliphatic hydroxyl groups is 1. The number of hydrogen-bond donors (Lipinski definition) is 1. The summed E-state index contributed by atoms with van der Waals surface area (Å²) in [6, 6.07) is 4.88. The van der Waals surface area contributed by atoms with Gasteiger partial charge in [0.15, 0.2) is 11.5 Å². The first-order valence-corrected chi connectivity index (χ1v) is 7.27. The number of hydrogen-bond acceptors (Lipinski definition) is 4. The van der Waals surface area contributed by atoms with Gasteiger partial charge in [-0.3, -0.25) is 9.59 Å². The van der Waals surface area contributed by atoms with Crippen LogP contribution in [0.15, 0.2) is 46.0 Å². The molecule has 2 unspecified atom stereocenters. The fraction of sp³-hybridized carbons (Fsp3) is 0.375. The molecule has 0 spiro atoms. The number of allylic oxidation sites excluding steroid dienone is 2. The molecule has 0 aromatic heterocycles. The number of Topliss-reactive ketones (excluding diaryl/α,β-unsaturated/α-hetero) is 1. The predicted molar refractivity (Wildman–Crippen MR) is 75.7 cm³/mol. The van der Waals surface area contributed by atoms with Crippen LogP contribution >= 0.6 is 0 Å². The lowest BCUT2D eigenvalue weighted by molar-refractivity contribution is -0.120. The lowest BCUT2D eigenvalue weighted by Crippen LogP contribution is -2.21. The molecule has 2 aliphatic rings. The molecule has 3 rings (SSSR count). The number of benzene rings is 1. The van der Waals surface area contributed by atoms with Crippen LogP contribution in [0.4, 0.5) is 4.39 Å². The average Bonchev–Trinajstić information content (AvgIpc) is 2.78. The van der Waals surface area contributed by atoms with Crippen LogP contribution in [0.25, 0.3) is 0 Å². The van der Waals surface area contributed by atoms with Crippen molar-refractivity contribution in [3.05, 3.63) is 47.1 Å². The molecule has 5 nitrogen and oxygen atoms in total. The van der Waals surface area contributed by atoms with E-state index in [0.29, 0.717) is 0 Å². The summed E-state index contributed by atoms with van der Waals surface area (Å²) in [5.41, 5.74) is 0.0699. The lowest BCUT2D eigenvalue weighted by atomic mass is 9.80. The number of aliphatic hydroxyl groups excluding tert-OH is 1. The van der Waals surface area contributed by atoms with Gasteiger partial charge in [-0.25, -0.2) is 4.39 Å². The van der Waals surface area contributed by atoms with Crippen molar-refractivity contribution in [2.45, 2.75) is 25.7 Å². The fourth-order valence-corrected chi connectivity index (χ4v) is 3.10. The van der Waals surface area contributed by atoms with Crippen LogP contribution in [-0.4, -0.2) is 16.8 Å². The molecule has 0 heterocycles. The number of azo groups is 1. The Morgan fingerprint density at radius 2 is 1.77 bits per heavy atom. The molecular formula is C16H15FN2O3. The van der Waals surface area contributed by atoms with E-state index < -0.39 is 11.7 Å². The van der Waals surface area contributed by atoms with Crippen molar-refractivity contribution in [3.8, 4) is 0 Å². The van der Waals surface area contributed by atoms with Crippen LogP contribution in [0, 0.1) is 17.7 Å². The van der Waals surface area contributed by atoms with Crippen LogP contribution in [0.5, 0.6) is 0 Å². The Balaban J connectivity index is 1.79. The molecule has 2 atom stereocenters. The second-order valence-corrected chi connectivity index (χ2v) is 5.61. The fourth-order valence-electron chi connectivity index (χ4n) is 3.10. The van der Waals surface area contributed by atoms with Gasteiger partial charge in [0.25, 0.3) is 5.91 Å². The maximum absolute atomic E-state index is 12.8. The van der Waals surface area contributed by atoms with Crippen LogP contribution in [0.2, 0.25) is 0 Å². The van der Waals surface area contributed by atoms with Crippen molar-refractivity contribution >= 4 is 11.7 Å². The second kappa shape index (κ2) is 5.79. The molecule has 0 radical (unpaired) electrons. The predicted octanol–water partition coefficient (Wildman–Crippen LogP) is 3.58. The molecule has 1 saturated carbocycles. The van der Waals surface area contributed by atoms with E-state index in [4.69, 9.17) is 0 Å². The lowest BCUT2D eigenvalue weighted by Gasteiger charge is -2.23. The van der Waals surface area contributed by atoms with Crippen LogP contribution in [0.3, 0.4) is 0 Å². The minimum absolute atomic E-state index is 0.0506. The number of ketones is 1. The molecular weight excluding hydrogens is 287 g/mol. The molecule has 0 aliphatic heterocycles. The van der Waals surface area contributed by atoms with Gasteiger partial charge in [0.1, 0.15) is 11.6 Å². The quantitative estimate of drug-likeness (QED) is 0.848. The molecule has 1 amide bonds. The van der Waals surface area contributed by atoms with Gasteiger partial charge in [-0.05, 0) is 37.1 Å². The summed E-state index contributed by atoms with van der Waals surface area (Å²) in [6.45, 7) is 0. The zero-order valence-electron chi connectivity index (χ0n) is 11.8. The molecule has 6 heteroatoms. The van der Waals surface area contributed by atoms with Crippen LogP contribution in [0.1, 0.15) is 36.0 Å². The van der Waals surface area contributed by atoms with E-state index in [2.05, 4.69) is 10.2 Å². The van der Waals surface area contributed by atoms with Gasteiger partial charge < -0.3 is 5.11 Å². The average molecular weight is 302 g/mol. The summed E-state index contributed by atoms with van der Waals surface area (Å²) in [5, 5.41) is 17.3. The third kappa shape index (κ3) is 2.56. The number of amides is 1. The minimum atomic E-state index is -0.678. The topological polar surface area (TPSA) is 79.1 Å². The van der Waals surface area contributed by atoms with Gasteiger partial charge in [-0.15, -0.1) is 10.2 Å². The first-order chi connectivity index (χ1) is 10.6. The van der Waals surface area contributed by atoms with Gasteiger partial charge in [-0.1, -0.05) is 12.8 Å². The van der Waals surface area contributed by atoms with Crippen molar-refractivity contribution in [1.82, 2.24) is 0 Å². The Bertz CT molecular complexity index is 679. The normalized spacial score (nSPS) is 24.9. The van der Waals surface area contributed by atoms with E-state index in [-0.39, 0.29) is 34.6 Å². The number of carbonyl (C=O) groups excluding carboxylic acids is 2. The zero-order valence-corrected chi connectivity index (χ0v) is 11.8. The van der Waals surface area contributed by atoms with E-state index in [1.807, 2.05) is 0 Å². The zero-order chi connectivity index (χ0) is 15.7. The summed E-state index contributed by atoms with van der Waals surface area (Å²) >= 11 is 0. The van der Waals surface area contributed by atoms with E-state index in [0.717, 1.165) is 37.8 Å². The van der Waals surface area contributed by atoms with E-state index >= 15 is 0 Å². The molecule has 0 bridgehead atoms. The van der Waals surface area contributed by atoms with E-state index in [9.17, 15) is 19.1 Å². The number of halogens is 1. The van der Waals surface area contributed by atoms with Crippen molar-refractivity contribution in [2.24, 2.45) is 22.1 Å². The first kappa shape index (κ1) is 14.6. The first-order valence-electron chi connectivity index (χ1n) is 7.27. The van der Waals surface area contributed by atoms with Gasteiger partial charge in [0.2, 0.25) is 0 Å². The highest BCUT2D eigenvalue weighted by Crippen LogP contribution is 2.42. The second-order valence-electron chi connectivity index (χ2n) is 5.61. The maximum Gasteiger partial charge on any atom is 0.295 e. The van der Waals surface area contributed by atoms with Gasteiger partial charge in [0.05, 0.1) is 0 Å². The van der Waals surface area contributed by atoms with E-state index in [1.54, 1.807) is 0 Å². The van der Waals surface area contributed by atoms with Crippen molar-refractivity contribution in [1.29, 1.82) is 0 Å². The Labute approximate surface area is 126 Å². The summed E-state index contributed by atoms with van der Waals surface area (Å²) < 4.78 is 12.8. The molecule has 2 aliphatic carbocycles. The highest BCUT2D eigenvalue weighted by molar-refractivity contribution is 6.01. The van der Waals surface area contributed by atoms with Gasteiger partial charge >= 0.3 is 0 Å². The molecule has 114 valence electrons. The molecule has 1 N–H and O–H groups in total. The highest BCUT2D eigenvalue weighted by atomic mass is 19.1. The van der Waals surface area contributed by atoms with Crippen LogP contribution < -0.4 is 0 Å². The molecule has 1 fully saturated rings.